The zero-order valence-electron chi connectivity index (χ0n) is 11.6. The molecule has 2 rings (SSSR count). The van der Waals surface area contributed by atoms with Gasteiger partial charge in [0.1, 0.15) is 4.60 Å². The van der Waals surface area contributed by atoms with Crippen molar-refractivity contribution in [1.82, 2.24) is 20.1 Å². The Labute approximate surface area is 126 Å². The number of carbonyl (C=O) groups excluding carboxylic acids is 1. The summed E-state index contributed by atoms with van der Waals surface area (Å²) >= 11 is 3.27. The van der Waals surface area contributed by atoms with E-state index < -0.39 is 0 Å². The molecule has 0 saturated carbocycles. The van der Waals surface area contributed by atoms with Crippen molar-refractivity contribution in [3.63, 3.8) is 0 Å². The van der Waals surface area contributed by atoms with Gasteiger partial charge in [0.15, 0.2) is 0 Å². The smallest absolute Gasteiger partial charge is 0.254 e. The molecular weight excluding hydrogens is 320 g/mol. The summed E-state index contributed by atoms with van der Waals surface area (Å²) in [6.07, 6.45) is 2.48. The van der Waals surface area contributed by atoms with Crippen LogP contribution in [0.15, 0.2) is 29.0 Å². The molecular formula is C14H17BrN4O. The van der Waals surface area contributed by atoms with Crippen LogP contribution in [0.2, 0.25) is 0 Å². The summed E-state index contributed by atoms with van der Waals surface area (Å²) in [5.41, 5.74) is 2.72. The fraction of sp³-hybridized carbons (Fsp3) is 0.357. The first kappa shape index (κ1) is 14.7. The maximum Gasteiger partial charge on any atom is 0.254 e. The summed E-state index contributed by atoms with van der Waals surface area (Å²) in [6, 6.07) is 5.54. The molecule has 0 bridgehead atoms. The SMILES string of the molecule is Cc1cc(C)n(CCCNC(=O)c2cccnc2Br)n1. The van der Waals surface area contributed by atoms with E-state index in [1.165, 1.54) is 0 Å². The molecule has 1 amide bonds. The fourth-order valence-corrected chi connectivity index (χ4v) is 2.41. The van der Waals surface area contributed by atoms with Gasteiger partial charge in [0, 0.05) is 25.0 Å². The second kappa shape index (κ2) is 6.65. The Kier molecular flexibility index (Phi) is 4.89. The summed E-state index contributed by atoms with van der Waals surface area (Å²) in [5.74, 6) is -0.113. The van der Waals surface area contributed by atoms with Gasteiger partial charge < -0.3 is 5.32 Å². The lowest BCUT2D eigenvalue weighted by molar-refractivity contribution is 0.0951. The highest BCUT2D eigenvalue weighted by Gasteiger charge is 2.09. The molecule has 0 fully saturated rings. The van der Waals surface area contributed by atoms with Crippen molar-refractivity contribution in [2.45, 2.75) is 26.8 Å². The number of aromatic nitrogens is 3. The van der Waals surface area contributed by atoms with Gasteiger partial charge in [0.25, 0.3) is 5.91 Å². The minimum Gasteiger partial charge on any atom is -0.352 e. The zero-order valence-corrected chi connectivity index (χ0v) is 13.1. The molecule has 6 heteroatoms. The van der Waals surface area contributed by atoms with Gasteiger partial charge in [-0.2, -0.15) is 5.10 Å². The average Bonchev–Trinajstić information content (AvgIpc) is 2.73. The topological polar surface area (TPSA) is 59.8 Å². The number of carbonyl (C=O) groups is 1. The van der Waals surface area contributed by atoms with Crippen LogP contribution in [0.1, 0.15) is 28.2 Å². The van der Waals surface area contributed by atoms with E-state index in [2.05, 4.69) is 31.3 Å². The number of hydrogen-bond acceptors (Lipinski definition) is 3. The highest BCUT2D eigenvalue weighted by molar-refractivity contribution is 9.10. The number of halogens is 1. The average molecular weight is 337 g/mol. The van der Waals surface area contributed by atoms with Crippen LogP contribution >= 0.6 is 15.9 Å². The van der Waals surface area contributed by atoms with Crippen LogP contribution in [0.25, 0.3) is 0 Å². The Balaban J connectivity index is 1.80. The number of rotatable bonds is 5. The highest BCUT2D eigenvalue weighted by atomic mass is 79.9. The van der Waals surface area contributed by atoms with Crippen LogP contribution < -0.4 is 5.32 Å². The summed E-state index contributed by atoms with van der Waals surface area (Å²) in [6.45, 7) is 5.42. The van der Waals surface area contributed by atoms with Gasteiger partial charge in [-0.3, -0.25) is 9.48 Å². The predicted molar refractivity (Wildman–Crippen MR) is 80.6 cm³/mol. The quantitative estimate of drug-likeness (QED) is 0.674. The highest BCUT2D eigenvalue weighted by Crippen LogP contribution is 2.12. The number of pyridine rings is 1. The molecule has 0 aliphatic carbocycles. The lowest BCUT2D eigenvalue weighted by Crippen LogP contribution is -2.26. The first-order valence-electron chi connectivity index (χ1n) is 6.47. The van der Waals surface area contributed by atoms with Gasteiger partial charge in [0.05, 0.1) is 11.3 Å². The predicted octanol–water partition coefficient (Wildman–Crippen LogP) is 2.48. The maximum atomic E-state index is 11.9. The van der Waals surface area contributed by atoms with Crippen LogP contribution in [0.4, 0.5) is 0 Å². The van der Waals surface area contributed by atoms with E-state index in [4.69, 9.17) is 0 Å². The third kappa shape index (κ3) is 3.66. The zero-order chi connectivity index (χ0) is 14.5. The number of amides is 1. The third-order valence-corrected chi connectivity index (χ3v) is 3.57. The minimum absolute atomic E-state index is 0.113. The maximum absolute atomic E-state index is 11.9. The van der Waals surface area contributed by atoms with Gasteiger partial charge >= 0.3 is 0 Å². The molecule has 5 nitrogen and oxygen atoms in total. The summed E-state index contributed by atoms with van der Waals surface area (Å²) < 4.78 is 2.53. The van der Waals surface area contributed by atoms with Gasteiger partial charge in [-0.15, -0.1) is 0 Å². The molecule has 0 aromatic carbocycles. The molecule has 0 atom stereocenters. The second-order valence-corrected chi connectivity index (χ2v) is 5.35. The van der Waals surface area contributed by atoms with Gasteiger partial charge in [-0.1, -0.05) is 0 Å². The molecule has 2 aromatic rings. The van der Waals surface area contributed by atoms with E-state index in [0.29, 0.717) is 16.7 Å². The molecule has 0 spiro atoms. The van der Waals surface area contributed by atoms with Crippen molar-refractivity contribution < 1.29 is 4.79 Å². The number of hydrogen-bond donors (Lipinski definition) is 1. The lowest BCUT2D eigenvalue weighted by Gasteiger charge is -2.07. The standard InChI is InChI=1S/C14H17BrN4O/c1-10-9-11(2)19(18-10)8-4-7-17-14(20)12-5-3-6-16-13(12)15/h3,5-6,9H,4,7-8H2,1-2H3,(H,17,20). The minimum atomic E-state index is -0.113. The van der Waals surface area contributed by atoms with Crippen LogP contribution in [0.3, 0.4) is 0 Å². The molecule has 0 aliphatic heterocycles. The van der Waals surface area contributed by atoms with Crippen LogP contribution in [-0.4, -0.2) is 27.2 Å². The van der Waals surface area contributed by atoms with E-state index >= 15 is 0 Å². The van der Waals surface area contributed by atoms with Gasteiger partial charge in [0.2, 0.25) is 0 Å². The van der Waals surface area contributed by atoms with E-state index in [-0.39, 0.29) is 5.91 Å². The van der Waals surface area contributed by atoms with Crippen LogP contribution in [-0.2, 0) is 6.54 Å². The molecule has 2 heterocycles. The van der Waals surface area contributed by atoms with Crippen LogP contribution in [0.5, 0.6) is 0 Å². The molecule has 20 heavy (non-hydrogen) atoms. The lowest BCUT2D eigenvalue weighted by atomic mass is 10.2. The van der Waals surface area contributed by atoms with E-state index in [0.717, 1.165) is 24.4 Å². The second-order valence-electron chi connectivity index (χ2n) is 4.60. The van der Waals surface area contributed by atoms with Gasteiger partial charge in [-0.25, -0.2) is 4.98 Å². The molecule has 0 unspecified atom stereocenters. The van der Waals surface area contributed by atoms with Crippen molar-refractivity contribution in [3.8, 4) is 0 Å². The molecule has 2 aromatic heterocycles. The Morgan fingerprint density at radius 2 is 2.25 bits per heavy atom. The Morgan fingerprint density at radius 3 is 2.90 bits per heavy atom. The van der Waals surface area contributed by atoms with Crippen molar-refractivity contribution >= 4 is 21.8 Å². The summed E-state index contributed by atoms with van der Waals surface area (Å²) in [7, 11) is 0. The monoisotopic (exact) mass is 336 g/mol. The number of aryl methyl sites for hydroxylation is 3. The molecule has 106 valence electrons. The van der Waals surface area contributed by atoms with Crippen molar-refractivity contribution in [1.29, 1.82) is 0 Å². The third-order valence-electron chi connectivity index (χ3n) is 2.94. The van der Waals surface area contributed by atoms with Crippen molar-refractivity contribution in [2.24, 2.45) is 0 Å². The van der Waals surface area contributed by atoms with E-state index in [1.54, 1.807) is 18.3 Å². The van der Waals surface area contributed by atoms with Crippen molar-refractivity contribution in [2.75, 3.05) is 6.54 Å². The summed E-state index contributed by atoms with van der Waals surface area (Å²) in [5, 5.41) is 7.27. The fourth-order valence-electron chi connectivity index (χ4n) is 1.98. The first-order chi connectivity index (χ1) is 9.58. The Hall–Kier alpha value is -1.69. The molecule has 0 radical (unpaired) electrons. The largest absolute Gasteiger partial charge is 0.352 e. The number of nitrogens with zero attached hydrogens (tertiary/aromatic N) is 3. The summed E-state index contributed by atoms with van der Waals surface area (Å²) in [4.78, 5) is 16.0. The van der Waals surface area contributed by atoms with E-state index in [9.17, 15) is 4.79 Å². The normalized spacial score (nSPS) is 10.6. The number of nitrogens with one attached hydrogen (secondary N) is 1. The molecule has 0 saturated heterocycles. The van der Waals surface area contributed by atoms with Crippen LogP contribution in [0, 0.1) is 13.8 Å². The Bertz CT molecular complexity index is 609. The van der Waals surface area contributed by atoms with Gasteiger partial charge in [-0.05, 0) is 54.4 Å². The van der Waals surface area contributed by atoms with Crippen molar-refractivity contribution in [3.05, 3.63) is 46.0 Å². The first-order valence-corrected chi connectivity index (χ1v) is 7.27. The molecule has 1 N–H and O–H groups in total. The molecule has 0 aliphatic rings. The van der Waals surface area contributed by atoms with E-state index in [1.807, 2.05) is 24.6 Å². The Morgan fingerprint density at radius 1 is 1.45 bits per heavy atom.